The van der Waals surface area contributed by atoms with E-state index >= 15 is 0 Å². The van der Waals surface area contributed by atoms with Crippen LogP contribution in [0.15, 0.2) is 53.1 Å². The standard InChI is InChI=1S/C24H22ClN3O4/c1-4-31-18-9-10-20-19(12-18)22(23(29)24(30)26-21-11-14(2)27-32-21)15(3)28(20)13-16-5-7-17(25)8-6-16/h5-12H,4,13H2,1-3H3,(H,26,30). The van der Waals surface area contributed by atoms with Gasteiger partial charge in [0.1, 0.15) is 5.75 Å². The Morgan fingerprint density at radius 1 is 1.12 bits per heavy atom. The second kappa shape index (κ2) is 8.88. The molecule has 0 unspecified atom stereocenters. The molecule has 2 heterocycles. The number of Topliss-reactive ketones (excluding diaryl/α,β-unsaturated/α-hetero) is 1. The smallest absolute Gasteiger partial charge is 0.299 e. The van der Waals surface area contributed by atoms with Gasteiger partial charge in [0.05, 0.1) is 17.9 Å². The van der Waals surface area contributed by atoms with E-state index in [0.29, 0.717) is 46.3 Å². The lowest BCUT2D eigenvalue weighted by Crippen LogP contribution is -2.23. The van der Waals surface area contributed by atoms with E-state index in [1.54, 1.807) is 19.1 Å². The van der Waals surface area contributed by atoms with E-state index in [4.69, 9.17) is 20.9 Å². The second-order valence-electron chi connectivity index (χ2n) is 7.40. The van der Waals surface area contributed by atoms with Gasteiger partial charge in [-0.05, 0) is 56.7 Å². The number of fused-ring (bicyclic) bond motifs is 1. The van der Waals surface area contributed by atoms with E-state index in [2.05, 4.69) is 10.5 Å². The number of hydrogen-bond donors (Lipinski definition) is 1. The summed E-state index contributed by atoms with van der Waals surface area (Å²) < 4.78 is 12.6. The minimum Gasteiger partial charge on any atom is -0.494 e. The number of ether oxygens (including phenoxy) is 1. The molecule has 0 radical (unpaired) electrons. The van der Waals surface area contributed by atoms with Gasteiger partial charge < -0.3 is 13.8 Å². The number of benzene rings is 2. The maximum atomic E-state index is 13.2. The van der Waals surface area contributed by atoms with Crippen LogP contribution in [0.3, 0.4) is 0 Å². The summed E-state index contributed by atoms with van der Waals surface area (Å²) in [6, 6.07) is 14.6. The molecule has 1 amide bonds. The number of hydrogen-bond acceptors (Lipinski definition) is 5. The summed E-state index contributed by atoms with van der Waals surface area (Å²) in [7, 11) is 0. The topological polar surface area (TPSA) is 86.4 Å². The lowest BCUT2D eigenvalue weighted by atomic mass is 10.1. The van der Waals surface area contributed by atoms with Crippen LogP contribution in [0.2, 0.25) is 5.02 Å². The van der Waals surface area contributed by atoms with Crippen molar-refractivity contribution in [1.29, 1.82) is 0 Å². The van der Waals surface area contributed by atoms with Gasteiger partial charge in [-0.2, -0.15) is 0 Å². The third kappa shape index (κ3) is 4.24. The minimum absolute atomic E-state index is 0.124. The van der Waals surface area contributed by atoms with Crippen molar-refractivity contribution in [2.75, 3.05) is 11.9 Å². The molecule has 8 heteroatoms. The molecule has 2 aromatic carbocycles. The van der Waals surface area contributed by atoms with E-state index in [0.717, 1.165) is 11.1 Å². The van der Waals surface area contributed by atoms with Gasteiger partial charge >= 0.3 is 0 Å². The van der Waals surface area contributed by atoms with Crippen LogP contribution in [0, 0.1) is 13.8 Å². The van der Waals surface area contributed by atoms with Crippen LogP contribution in [-0.2, 0) is 11.3 Å². The number of anilines is 1. The number of nitrogens with zero attached hydrogens (tertiary/aromatic N) is 2. The van der Waals surface area contributed by atoms with Crippen LogP contribution in [0.5, 0.6) is 5.75 Å². The molecule has 2 aromatic heterocycles. The zero-order valence-corrected chi connectivity index (χ0v) is 18.7. The molecule has 0 atom stereocenters. The van der Waals surface area contributed by atoms with Crippen molar-refractivity contribution in [2.24, 2.45) is 0 Å². The number of rotatable bonds is 7. The first-order valence-electron chi connectivity index (χ1n) is 10.2. The lowest BCUT2D eigenvalue weighted by molar-refractivity contribution is -0.112. The van der Waals surface area contributed by atoms with Gasteiger partial charge in [-0.25, -0.2) is 0 Å². The van der Waals surface area contributed by atoms with Gasteiger partial charge in [0, 0.05) is 34.2 Å². The van der Waals surface area contributed by atoms with E-state index in [9.17, 15) is 9.59 Å². The van der Waals surface area contributed by atoms with Crippen LogP contribution in [0.1, 0.15) is 34.2 Å². The average Bonchev–Trinajstić information content (AvgIpc) is 3.29. The SMILES string of the molecule is CCOc1ccc2c(c1)c(C(=O)C(=O)Nc1cc(C)no1)c(C)n2Cc1ccc(Cl)cc1. The maximum absolute atomic E-state index is 13.2. The lowest BCUT2D eigenvalue weighted by Gasteiger charge is -2.09. The van der Waals surface area contributed by atoms with Crippen molar-refractivity contribution >= 4 is 40.1 Å². The first kappa shape index (κ1) is 21.6. The van der Waals surface area contributed by atoms with E-state index < -0.39 is 11.7 Å². The molecular weight excluding hydrogens is 430 g/mol. The molecule has 7 nitrogen and oxygen atoms in total. The van der Waals surface area contributed by atoms with Gasteiger partial charge in [-0.1, -0.05) is 28.9 Å². The summed E-state index contributed by atoms with van der Waals surface area (Å²) in [6.07, 6.45) is 0. The van der Waals surface area contributed by atoms with Crippen LogP contribution in [0.25, 0.3) is 10.9 Å². The van der Waals surface area contributed by atoms with Gasteiger partial charge in [0.15, 0.2) is 0 Å². The average molecular weight is 452 g/mol. The molecule has 4 aromatic rings. The van der Waals surface area contributed by atoms with Gasteiger partial charge in [0.2, 0.25) is 5.88 Å². The number of carbonyl (C=O) groups is 2. The Hall–Kier alpha value is -3.58. The van der Waals surface area contributed by atoms with Crippen molar-refractivity contribution in [3.05, 3.63) is 76.1 Å². The summed E-state index contributed by atoms with van der Waals surface area (Å²) in [5.41, 5.74) is 3.45. The monoisotopic (exact) mass is 451 g/mol. The number of amides is 1. The zero-order chi connectivity index (χ0) is 22.8. The molecule has 0 bridgehead atoms. The molecule has 0 saturated carbocycles. The predicted molar refractivity (Wildman–Crippen MR) is 123 cm³/mol. The molecule has 0 saturated heterocycles. The maximum Gasteiger partial charge on any atom is 0.299 e. The predicted octanol–water partition coefficient (Wildman–Crippen LogP) is 5.17. The van der Waals surface area contributed by atoms with Gasteiger partial charge in [-0.3, -0.25) is 14.9 Å². The fourth-order valence-corrected chi connectivity index (χ4v) is 3.81. The van der Waals surface area contributed by atoms with Crippen molar-refractivity contribution in [3.8, 4) is 5.75 Å². The highest BCUT2D eigenvalue weighted by Gasteiger charge is 2.26. The number of nitrogens with one attached hydrogen (secondary N) is 1. The van der Waals surface area contributed by atoms with Crippen molar-refractivity contribution in [3.63, 3.8) is 0 Å². The van der Waals surface area contributed by atoms with Crippen LogP contribution in [-0.4, -0.2) is 28.0 Å². The Balaban J connectivity index is 1.77. The van der Waals surface area contributed by atoms with Crippen LogP contribution >= 0.6 is 11.6 Å². The van der Waals surface area contributed by atoms with Gasteiger partial charge in [0.25, 0.3) is 11.7 Å². The molecule has 0 fully saturated rings. The minimum atomic E-state index is -0.795. The number of aromatic nitrogens is 2. The summed E-state index contributed by atoms with van der Waals surface area (Å²) >= 11 is 6.01. The molecule has 4 rings (SSSR count). The Morgan fingerprint density at radius 2 is 1.88 bits per heavy atom. The van der Waals surface area contributed by atoms with Crippen molar-refractivity contribution < 1.29 is 18.8 Å². The molecule has 164 valence electrons. The Morgan fingerprint density at radius 3 is 2.53 bits per heavy atom. The number of ketones is 1. The Kier molecular flexibility index (Phi) is 6.01. The Bertz CT molecular complexity index is 1310. The molecule has 1 N–H and O–H groups in total. The second-order valence-corrected chi connectivity index (χ2v) is 7.84. The molecule has 32 heavy (non-hydrogen) atoms. The number of aryl methyl sites for hydroxylation is 1. The summed E-state index contributed by atoms with van der Waals surface area (Å²) in [4.78, 5) is 26.0. The highest BCUT2D eigenvalue weighted by Crippen LogP contribution is 2.31. The summed E-state index contributed by atoms with van der Waals surface area (Å²) in [5.74, 6) is -0.705. The third-order valence-electron chi connectivity index (χ3n) is 5.16. The Labute approximate surface area is 189 Å². The highest BCUT2D eigenvalue weighted by atomic mass is 35.5. The molecule has 0 spiro atoms. The summed E-state index contributed by atoms with van der Waals surface area (Å²) in [5, 5.41) is 7.51. The molecular formula is C24H22ClN3O4. The van der Waals surface area contributed by atoms with E-state index in [-0.39, 0.29) is 5.88 Å². The fourth-order valence-electron chi connectivity index (χ4n) is 3.69. The van der Waals surface area contributed by atoms with Crippen LogP contribution < -0.4 is 10.1 Å². The van der Waals surface area contributed by atoms with E-state index in [1.165, 1.54) is 0 Å². The van der Waals surface area contributed by atoms with Crippen LogP contribution in [0.4, 0.5) is 5.88 Å². The largest absolute Gasteiger partial charge is 0.494 e. The number of halogens is 1. The first-order valence-corrected chi connectivity index (χ1v) is 10.5. The summed E-state index contributed by atoms with van der Waals surface area (Å²) in [6.45, 7) is 6.45. The van der Waals surface area contributed by atoms with Crippen molar-refractivity contribution in [2.45, 2.75) is 27.3 Å². The number of carbonyl (C=O) groups excluding carboxylic acids is 2. The van der Waals surface area contributed by atoms with Crippen molar-refractivity contribution in [1.82, 2.24) is 9.72 Å². The normalized spacial score (nSPS) is 11.0. The third-order valence-corrected chi connectivity index (χ3v) is 5.41. The molecule has 0 aliphatic rings. The molecule has 0 aliphatic heterocycles. The first-order chi connectivity index (χ1) is 15.4. The molecule has 0 aliphatic carbocycles. The fraction of sp³-hybridized carbons (Fsp3) is 0.208. The van der Waals surface area contributed by atoms with Gasteiger partial charge in [-0.15, -0.1) is 0 Å². The highest BCUT2D eigenvalue weighted by molar-refractivity contribution is 6.48. The quantitative estimate of drug-likeness (QED) is 0.309. The van der Waals surface area contributed by atoms with E-state index in [1.807, 2.05) is 54.8 Å². The zero-order valence-electron chi connectivity index (χ0n) is 17.9.